The highest BCUT2D eigenvalue weighted by atomic mass is 19.1. The Morgan fingerprint density at radius 3 is 2.53 bits per heavy atom. The van der Waals surface area contributed by atoms with Crippen molar-refractivity contribution in [2.45, 2.75) is 40.0 Å². The van der Waals surface area contributed by atoms with E-state index in [0.29, 0.717) is 23.8 Å². The highest BCUT2D eigenvalue weighted by Crippen LogP contribution is 2.19. The quantitative estimate of drug-likeness (QED) is 0.698. The fourth-order valence-electron chi connectivity index (χ4n) is 2.39. The van der Waals surface area contributed by atoms with Gasteiger partial charge in [0.05, 0.1) is 0 Å². The van der Waals surface area contributed by atoms with E-state index in [-0.39, 0.29) is 0 Å². The van der Waals surface area contributed by atoms with Crippen LogP contribution < -0.4 is 5.32 Å². The first kappa shape index (κ1) is 16.1. The van der Waals surface area contributed by atoms with Gasteiger partial charge in [0.1, 0.15) is 11.6 Å². The van der Waals surface area contributed by atoms with Crippen molar-refractivity contribution < 1.29 is 8.78 Å². The fourth-order valence-corrected chi connectivity index (χ4v) is 2.39. The number of benzene rings is 1. The van der Waals surface area contributed by atoms with Crippen molar-refractivity contribution in [1.82, 2.24) is 5.32 Å². The molecule has 19 heavy (non-hydrogen) atoms. The van der Waals surface area contributed by atoms with E-state index in [1.165, 1.54) is 6.07 Å². The van der Waals surface area contributed by atoms with Crippen LogP contribution in [-0.2, 0) is 6.42 Å². The lowest BCUT2D eigenvalue weighted by Gasteiger charge is -2.20. The number of hydrogen-bond acceptors (Lipinski definition) is 1. The molecule has 0 aliphatic carbocycles. The van der Waals surface area contributed by atoms with Gasteiger partial charge in [-0.3, -0.25) is 0 Å². The van der Waals surface area contributed by atoms with E-state index < -0.39 is 11.6 Å². The van der Waals surface area contributed by atoms with Crippen LogP contribution in [-0.4, -0.2) is 13.1 Å². The highest BCUT2D eigenvalue weighted by Gasteiger charge is 2.14. The second-order valence-corrected chi connectivity index (χ2v) is 5.64. The summed E-state index contributed by atoms with van der Waals surface area (Å²) < 4.78 is 26.6. The molecule has 1 unspecified atom stereocenters. The van der Waals surface area contributed by atoms with Gasteiger partial charge in [-0.25, -0.2) is 8.78 Å². The summed E-state index contributed by atoms with van der Waals surface area (Å²) in [5.74, 6) is 0.0402. The van der Waals surface area contributed by atoms with Crippen LogP contribution in [0.1, 0.15) is 39.2 Å². The van der Waals surface area contributed by atoms with Crippen molar-refractivity contribution in [2.75, 3.05) is 13.1 Å². The van der Waals surface area contributed by atoms with Crippen molar-refractivity contribution in [3.05, 3.63) is 35.4 Å². The molecule has 0 saturated heterocycles. The SMILES string of the molecule is CCCNCC(Cc1ccc(F)cc1F)CC(C)C. The van der Waals surface area contributed by atoms with E-state index in [1.807, 2.05) is 0 Å². The molecule has 0 amide bonds. The molecule has 108 valence electrons. The molecule has 1 aromatic rings. The van der Waals surface area contributed by atoms with Gasteiger partial charge in [0.25, 0.3) is 0 Å². The molecule has 1 atom stereocenters. The van der Waals surface area contributed by atoms with Gasteiger partial charge in [0.2, 0.25) is 0 Å². The Morgan fingerprint density at radius 2 is 1.95 bits per heavy atom. The van der Waals surface area contributed by atoms with Gasteiger partial charge < -0.3 is 5.32 Å². The molecule has 1 nitrogen and oxygen atoms in total. The third-order valence-electron chi connectivity index (χ3n) is 3.19. The lowest BCUT2D eigenvalue weighted by Crippen LogP contribution is -2.26. The van der Waals surface area contributed by atoms with Gasteiger partial charge in [-0.2, -0.15) is 0 Å². The number of hydrogen-bond donors (Lipinski definition) is 1. The van der Waals surface area contributed by atoms with E-state index in [9.17, 15) is 8.78 Å². The van der Waals surface area contributed by atoms with Crippen molar-refractivity contribution in [1.29, 1.82) is 0 Å². The zero-order valence-corrected chi connectivity index (χ0v) is 12.2. The third-order valence-corrected chi connectivity index (χ3v) is 3.19. The lowest BCUT2D eigenvalue weighted by atomic mass is 9.90. The summed E-state index contributed by atoms with van der Waals surface area (Å²) in [4.78, 5) is 0. The summed E-state index contributed by atoms with van der Waals surface area (Å²) in [5, 5.41) is 3.40. The van der Waals surface area contributed by atoms with E-state index in [2.05, 4.69) is 26.1 Å². The molecule has 1 aromatic carbocycles. The summed E-state index contributed by atoms with van der Waals surface area (Å²) in [7, 11) is 0. The number of halogens is 2. The lowest BCUT2D eigenvalue weighted by molar-refractivity contribution is 0.380. The molecule has 0 radical (unpaired) electrons. The summed E-state index contributed by atoms with van der Waals surface area (Å²) in [5.41, 5.74) is 0.616. The van der Waals surface area contributed by atoms with E-state index in [1.54, 1.807) is 6.07 Å². The summed E-state index contributed by atoms with van der Waals surface area (Å²) in [6.45, 7) is 8.36. The maximum atomic E-state index is 13.7. The predicted octanol–water partition coefficient (Wildman–Crippen LogP) is 4.17. The monoisotopic (exact) mass is 269 g/mol. The molecule has 1 N–H and O–H groups in total. The number of rotatable bonds is 8. The molecule has 0 spiro atoms. The third kappa shape index (κ3) is 6.15. The molecule has 0 heterocycles. The first-order valence-corrected chi connectivity index (χ1v) is 7.17. The van der Waals surface area contributed by atoms with Gasteiger partial charge in [-0.1, -0.05) is 26.8 Å². The van der Waals surface area contributed by atoms with Gasteiger partial charge in [0, 0.05) is 6.07 Å². The first-order chi connectivity index (χ1) is 9.02. The Hall–Kier alpha value is -0.960. The fraction of sp³-hybridized carbons (Fsp3) is 0.625. The zero-order chi connectivity index (χ0) is 14.3. The predicted molar refractivity (Wildman–Crippen MR) is 76.2 cm³/mol. The molecular formula is C16H25F2N. The Morgan fingerprint density at radius 1 is 1.21 bits per heavy atom. The van der Waals surface area contributed by atoms with E-state index in [0.717, 1.165) is 32.0 Å². The van der Waals surface area contributed by atoms with Crippen molar-refractivity contribution in [3.63, 3.8) is 0 Å². The first-order valence-electron chi connectivity index (χ1n) is 7.17. The molecular weight excluding hydrogens is 244 g/mol. The molecule has 3 heteroatoms. The molecule has 0 fully saturated rings. The van der Waals surface area contributed by atoms with Crippen molar-refractivity contribution in [2.24, 2.45) is 11.8 Å². The molecule has 0 aliphatic heterocycles. The Bertz CT molecular complexity index is 377. The highest BCUT2D eigenvalue weighted by molar-refractivity contribution is 5.19. The largest absolute Gasteiger partial charge is 0.316 e. The molecule has 0 saturated carbocycles. The normalized spacial score (nSPS) is 12.9. The second kappa shape index (κ2) is 8.26. The van der Waals surface area contributed by atoms with Crippen LogP contribution in [0, 0.1) is 23.5 Å². The molecule has 0 aliphatic rings. The minimum atomic E-state index is -0.509. The molecule has 1 rings (SSSR count). The minimum Gasteiger partial charge on any atom is -0.316 e. The molecule has 0 aromatic heterocycles. The van der Waals surface area contributed by atoms with E-state index in [4.69, 9.17) is 0 Å². The average Bonchev–Trinajstić information content (AvgIpc) is 2.32. The van der Waals surface area contributed by atoms with Crippen LogP contribution in [0.5, 0.6) is 0 Å². The van der Waals surface area contributed by atoms with Crippen LogP contribution in [0.25, 0.3) is 0 Å². The summed E-state index contributed by atoms with van der Waals surface area (Å²) in [6, 6.07) is 3.88. The van der Waals surface area contributed by atoms with Gasteiger partial charge in [0.15, 0.2) is 0 Å². The standard InChI is InChI=1S/C16H25F2N/c1-4-7-19-11-13(8-12(2)3)9-14-5-6-15(17)10-16(14)18/h5-6,10,12-13,19H,4,7-9,11H2,1-3H3. The smallest absolute Gasteiger partial charge is 0.129 e. The maximum absolute atomic E-state index is 13.7. The topological polar surface area (TPSA) is 12.0 Å². The Kier molecular flexibility index (Phi) is 7.00. The Balaban J connectivity index is 2.64. The van der Waals surface area contributed by atoms with Crippen LogP contribution in [0.3, 0.4) is 0 Å². The second-order valence-electron chi connectivity index (χ2n) is 5.64. The minimum absolute atomic E-state index is 0.395. The van der Waals surface area contributed by atoms with Gasteiger partial charge in [-0.15, -0.1) is 0 Å². The average molecular weight is 269 g/mol. The van der Waals surface area contributed by atoms with Gasteiger partial charge >= 0.3 is 0 Å². The van der Waals surface area contributed by atoms with E-state index >= 15 is 0 Å². The van der Waals surface area contributed by atoms with Crippen LogP contribution in [0.2, 0.25) is 0 Å². The van der Waals surface area contributed by atoms with Crippen LogP contribution in [0.4, 0.5) is 8.78 Å². The van der Waals surface area contributed by atoms with Crippen molar-refractivity contribution >= 4 is 0 Å². The van der Waals surface area contributed by atoms with Crippen molar-refractivity contribution in [3.8, 4) is 0 Å². The maximum Gasteiger partial charge on any atom is 0.129 e. The van der Waals surface area contributed by atoms with Crippen LogP contribution >= 0.6 is 0 Å². The summed E-state index contributed by atoms with van der Waals surface area (Å²) >= 11 is 0. The molecule has 0 bridgehead atoms. The zero-order valence-electron chi connectivity index (χ0n) is 12.2. The number of nitrogens with one attached hydrogen (secondary N) is 1. The summed E-state index contributed by atoms with van der Waals surface area (Å²) in [6.07, 6.45) is 2.81. The van der Waals surface area contributed by atoms with Gasteiger partial charge in [-0.05, 0) is 55.8 Å². The Labute approximate surface area is 115 Å². The van der Waals surface area contributed by atoms with Crippen LogP contribution in [0.15, 0.2) is 18.2 Å².